The van der Waals surface area contributed by atoms with Crippen LogP contribution >= 0.6 is 0 Å². The first-order valence-corrected chi connectivity index (χ1v) is 8.00. The third-order valence-electron chi connectivity index (χ3n) is 4.80. The molecule has 3 unspecified atom stereocenters. The van der Waals surface area contributed by atoms with Crippen molar-refractivity contribution < 1.29 is 4.79 Å². The van der Waals surface area contributed by atoms with E-state index < -0.39 is 0 Å². The molecule has 4 heteroatoms. The largest absolute Gasteiger partial charge is 0.353 e. The van der Waals surface area contributed by atoms with Crippen molar-refractivity contribution in [3.8, 4) is 0 Å². The van der Waals surface area contributed by atoms with Gasteiger partial charge in [-0.25, -0.2) is 0 Å². The summed E-state index contributed by atoms with van der Waals surface area (Å²) in [5, 5.41) is 6.62. The second kappa shape index (κ2) is 7.25. The van der Waals surface area contributed by atoms with Crippen LogP contribution in [0.4, 0.5) is 0 Å². The topological polar surface area (TPSA) is 44.4 Å². The van der Waals surface area contributed by atoms with Gasteiger partial charge in [0.2, 0.25) is 5.91 Å². The van der Waals surface area contributed by atoms with Crippen LogP contribution in [0.25, 0.3) is 0 Å². The van der Waals surface area contributed by atoms with E-state index in [0.29, 0.717) is 6.04 Å². The smallest absolute Gasteiger partial charge is 0.237 e. The molecule has 2 fully saturated rings. The van der Waals surface area contributed by atoms with E-state index in [1.807, 2.05) is 0 Å². The van der Waals surface area contributed by atoms with E-state index in [1.165, 1.54) is 25.7 Å². The predicted octanol–water partition coefficient (Wildman–Crippen LogP) is 1.37. The molecule has 1 aliphatic carbocycles. The molecule has 0 aromatic rings. The lowest BCUT2D eigenvalue weighted by Gasteiger charge is -2.24. The van der Waals surface area contributed by atoms with E-state index in [9.17, 15) is 4.79 Å². The summed E-state index contributed by atoms with van der Waals surface area (Å²) in [6, 6.07) is 0.664. The van der Waals surface area contributed by atoms with Gasteiger partial charge in [0.25, 0.3) is 0 Å². The van der Waals surface area contributed by atoms with Crippen molar-refractivity contribution in [3.63, 3.8) is 0 Å². The molecule has 2 N–H and O–H groups in total. The molecule has 2 aliphatic rings. The average Bonchev–Trinajstić information content (AvgIpc) is 2.87. The molecule has 3 atom stereocenters. The summed E-state index contributed by atoms with van der Waals surface area (Å²) in [5.41, 5.74) is 0. The Morgan fingerprint density at radius 2 is 2.00 bits per heavy atom. The van der Waals surface area contributed by atoms with Crippen molar-refractivity contribution in [1.82, 2.24) is 15.5 Å². The highest BCUT2D eigenvalue weighted by molar-refractivity contribution is 5.82. The maximum atomic E-state index is 12.2. The Kier molecular flexibility index (Phi) is 5.64. The Balaban J connectivity index is 1.69. The van der Waals surface area contributed by atoms with Gasteiger partial charge in [0, 0.05) is 19.1 Å². The summed E-state index contributed by atoms with van der Waals surface area (Å²) in [7, 11) is 0. The van der Waals surface area contributed by atoms with Gasteiger partial charge in [0.1, 0.15) is 0 Å². The summed E-state index contributed by atoms with van der Waals surface area (Å²) >= 11 is 0. The third kappa shape index (κ3) is 3.93. The van der Waals surface area contributed by atoms with Crippen LogP contribution in [-0.2, 0) is 4.79 Å². The molecule has 2 rings (SSSR count). The van der Waals surface area contributed by atoms with E-state index in [0.717, 1.165) is 38.5 Å². The average molecular weight is 267 g/mol. The second-order valence-corrected chi connectivity index (χ2v) is 5.92. The van der Waals surface area contributed by atoms with Crippen molar-refractivity contribution in [1.29, 1.82) is 0 Å². The minimum absolute atomic E-state index is 0.0600. The number of hydrogen-bond donors (Lipinski definition) is 2. The number of nitrogens with one attached hydrogen (secondary N) is 2. The maximum Gasteiger partial charge on any atom is 0.237 e. The molecule has 0 bridgehead atoms. The van der Waals surface area contributed by atoms with Gasteiger partial charge in [0.15, 0.2) is 0 Å². The highest BCUT2D eigenvalue weighted by atomic mass is 16.2. The Bertz CT molecular complexity index is 277. The molecule has 4 nitrogen and oxygen atoms in total. The zero-order valence-electron chi connectivity index (χ0n) is 12.5. The molecule has 19 heavy (non-hydrogen) atoms. The van der Waals surface area contributed by atoms with Crippen LogP contribution in [0.15, 0.2) is 0 Å². The molecule has 0 spiro atoms. The number of rotatable bonds is 6. The number of amides is 1. The molecule has 1 aliphatic heterocycles. The zero-order chi connectivity index (χ0) is 13.7. The molecule has 0 aromatic heterocycles. The van der Waals surface area contributed by atoms with Crippen LogP contribution in [0.3, 0.4) is 0 Å². The van der Waals surface area contributed by atoms with E-state index >= 15 is 0 Å². The van der Waals surface area contributed by atoms with Crippen LogP contribution in [0.2, 0.25) is 0 Å². The minimum atomic E-state index is 0.0600. The van der Waals surface area contributed by atoms with E-state index in [4.69, 9.17) is 0 Å². The maximum absolute atomic E-state index is 12.2. The number of carbonyl (C=O) groups excluding carboxylic acids is 1. The van der Waals surface area contributed by atoms with E-state index in [-0.39, 0.29) is 11.9 Å². The summed E-state index contributed by atoms with van der Waals surface area (Å²) < 4.78 is 0. The lowest BCUT2D eigenvalue weighted by atomic mass is 9.85. The fourth-order valence-electron chi connectivity index (χ4n) is 3.52. The number of fused-ring (bicyclic) bond motifs is 1. The molecule has 0 radical (unpaired) electrons. The number of nitrogens with zero attached hydrogens (tertiary/aromatic N) is 1. The standard InChI is InChI=1S/C15H29N3O/c1-3-18(4-2)10-9-16-15(19)14-11-12-7-5-6-8-13(12)17-14/h12-14,17H,3-11H2,1-2H3,(H,16,19). The molecule has 1 saturated carbocycles. The van der Waals surface area contributed by atoms with E-state index in [2.05, 4.69) is 29.4 Å². The molecule has 1 heterocycles. The number of likely N-dealkylation sites (N-methyl/N-ethyl adjacent to an activating group) is 1. The molecule has 110 valence electrons. The Morgan fingerprint density at radius 3 is 2.68 bits per heavy atom. The van der Waals surface area contributed by atoms with Gasteiger partial charge in [-0.05, 0) is 38.3 Å². The van der Waals surface area contributed by atoms with Crippen LogP contribution in [0.1, 0.15) is 46.0 Å². The van der Waals surface area contributed by atoms with E-state index in [1.54, 1.807) is 0 Å². The van der Waals surface area contributed by atoms with Gasteiger partial charge in [-0.1, -0.05) is 26.7 Å². The fourth-order valence-corrected chi connectivity index (χ4v) is 3.52. The van der Waals surface area contributed by atoms with Gasteiger partial charge >= 0.3 is 0 Å². The van der Waals surface area contributed by atoms with Gasteiger partial charge in [-0.3, -0.25) is 4.79 Å². The first-order chi connectivity index (χ1) is 9.24. The Labute approximate surface area is 117 Å². The minimum Gasteiger partial charge on any atom is -0.353 e. The third-order valence-corrected chi connectivity index (χ3v) is 4.80. The SMILES string of the molecule is CCN(CC)CCNC(=O)C1CC2CCCCC2N1. The van der Waals surface area contributed by atoms with Crippen LogP contribution in [0.5, 0.6) is 0 Å². The van der Waals surface area contributed by atoms with Gasteiger partial charge in [-0.15, -0.1) is 0 Å². The normalized spacial score (nSPS) is 30.4. The van der Waals surface area contributed by atoms with Crippen LogP contribution in [-0.4, -0.2) is 49.1 Å². The van der Waals surface area contributed by atoms with Crippen molar-refractivity contribution >= 4 is 5.91 Å². The van der Waals surface area contributed by atoms with Gasteiger partial charge in [0.05, 0.1) is 6.04 Å². The lowest BCUT2D eigenvalue weighted by molar-refractivity contribution is -0.122. The monoisotopic (exact) mass is 267 g/mol. The zero-order valence-corrected chi connectivity index (χ0v) is 12.5. The molecular formula is C15H29N3O. The predicted molar refractivity (Wildman–Crippen MR) is 78.1 cm³/mol. The highest BCUT2D eigenvalue weighted by Crippen LogP contribution is 2.33. The van der Waals surface area contributed by atoms with Crippen LogP contribution in [0, 0.1) is 5.92 Å². The fraction of sp³-hybridized carbons (Fsp3) is 0.933. The Morgan fingerprint density at radius 1 is 1.26 bits per heavy atom. The number of carbonyl (C=O) groups is 1. The summed E-state index contributed by atoms with van der Waals surface area (Å²) in [5.74, 6) is 0.953. The highest BCUT2D eigenvalue weighted by Gasteiger charge is 2.37. The van der Waals surface area contributed by atoms with Crippen molar-refractivity contribution in [2.75, 3.05) is 26.2 Å². The van der Waals surface area contributed by atoms with Crippen molar-refractivity contribution in [2.24, 2.45) is 5.92 Å². The molecule has 1 saturated heterocycles. The quantitative estimate of drug-likeness (QED) is 0.764. The Hall–Kier alpha value is -0.610. The summed E-state index contributed by atoms with van der Waals surface area (Å²) in [4.78, 5) is 14.5. The van der Waals surface area contributed by atoms with Crippen molar-refractivity contribution in [2.45, 2.75) is 58.0 Å². The molecular weight excluding hydrogens is 238 g/mol. The van der Waals surface area contributed by atoms with Crippen molar-refractivity contribution in [3.05, 3.63) is 0 Å². The number of hydrogen-bond acceptors (Lipinski definition) is 3. The van der Waals surface area contributed by atoms with Crippen LogP contribution < -0.4 is 10.6 Å². The van der Waals surface area contributed by atoms with Gasteiger partial charge < -0.3 is 15.5 Å². The molecule has 1 amide bonds. The first kappa shape index (κ1) is 14.8. The second-order valence-electron chi connectivity index (χ2n) is 5.92. The lowest BCUT2D eigenvalue weighted by Crippen LogP contribution is -2.45. The van der Waals surface area contributed by atoms with Gasteiger partial charge in [-0.2, -0.15) is 0 Å². The summed E-state index contributed by atoms with van der Waals surface area (Å²) in [6.07, 6.45) is 6.28. The summed E-state index contributed by atoms with van der Waals surface area (Å²) in [6.45, 7) is 8.16. The first-order valence-electron chi connectivity index (χ1n) is 8.00. The molecule has 0 aromatic carbocycles.